The Labute approximate surface area is 571 Å². The fourth-order valence-electron chi connectivity index (χ4n) is 14.1. The Morgan fingerprint density at radius 3 is 1.90 bits per heavy atom. The van der Waals surface area contributed by atoms with Gasteiger partial charge in [-0.25, -0.2) is 9.59 Å². The van der Waals surface area contributed by atoms with Gasteiger partial charge in [0.1, 0.15) is 5.78 Å². The molecule has 0 aromatic heterocycles. The SMILES string of the molecule is CC[C@H](C)[C@@H]([C@@H](CC(=O)N1CCC[C@H]1[C@H](OC)[C@@H](C)C(=O)C[C@@H](Cc1ccccc1)C(=O)NCc1ccc(NC(=O)[C@H](CCCNC(N)=O)CC(=O)[C@@H](NC(=O)CCC(=O)[N+]2(C)CCC(C(=O)NC)CC2)C(C)C)cc1)OC)N(C)C(=O)[C@@H](CC(=O)[C@H](C(C)C)N(C)C)C(C)C. The number of Topliss-reactive ketones (excluding diaryl/α,β-unsaturated/α-hetero) is 3. The molecule has 2 aromatic rings. The molecule has 0 unspecified atom stereocenters. The van der Waals surface area contributed by atoms with Gasteiger partial charge >= 0.3 is 11.9 Å². The van der Waals surface area contributed by atoms with Crippen molar-refractivity contribution < 1.29 is 66.7 Å². The van der Waals surface area contributed by atoms with Gasteiger partial charge in [-0.15, -0.1) is 0 Å². The number of carbonyl (C=O) groups excluding carboxylic acids is 11. The highest BCUT2D eigenvalue weighted by Gasteiger charge is 2.45. The summed E-state index contributed by atoms with van der Waals surface area (Å²) < 4.78 is 12.4. The molecule has 0 bridgehead atoms. The molecule has 9 amide bonds. The lowest BCUT2D eigenvalue weighted by molar-refractivity contribution is -0.841. The molecule has 536 valence electrons. The van der Waals surface area contributed by atoms with Crippen LogP contribution >= 0.6 is 0 Å². The maximum absolute atomic E-state index is 14.7. The molecule has 4 rings (SSSR count). The number of rotatable bonds is 40. The fraction of sp³-hybridized carbons (Fsp3) is 0.685. The number of amides is 9. The summed E-state index contributed by atoms with van der Waals surface area (Å²) in [6, 6.07) is 13.3. The van der Waals surface area contributed by atoms with E-state index in [1.807, 2.05) is 97.9 Å². The number of ether oxygens (including phenoxy) is 2. The summed E-state index contributed by atoms with van der Waals surface area (Å²) in [5, 5.41) is 13.9. The first-order valence-electron chi connectivity index (χ1n) is 34.8. The molecule has 0 aliphatic carbocycles. The van der Waals surface area contributed by atoms with Gasteiger partial charge in [-0.3, -0.25) is 52.5 Å². The van der Waals surface area contributed by atoms with Crippen molar-refractivity contribution in [2.75, 3.05) is 81.0 Å². The minimum absolute atomic E-state index is 0.0130. The normalized spacial score (nSPS) is 19.6. The lowest BCUT2D eigenvalue weighted by Crippen LogP contribution is -2.55. The number of likely N-dealkylation sites (N-methyl/N-ethyl adjacent to an activating group) is 2. The maximum atomic E-state index is 14.7. The molecule has 23 nitrogen and oxygen atoms in total. The Morgan fingerprint density at radius 2 is 1.34 bits per heavy atom. The van der Waals surface area contributed by atoms with Crippen LogP contribution in [0.15, 0.2) is 54.6 Å². The van der Waals surface area contributed by atoms with Crippen LogP contribution in [-0.4, -0.2) is 196 Å². The third-order valence-corrected chi connectivity index (χ3v) is 20.1. The Balaban J connectivity index is 1.43. The van der Waals surface area contributed by atoms with Crippen LogP contribution in [0.25, 0.3) is 0 Å². The maximum Gasteiger partial charge on any atom is 0.314 e. The molecule has 7 N–H and O–H groups in total. The van der Waals surface area contributed by atoms with Crippen LogP contribution in [0.2, 0.25) is 0 Å². The number of urea groups is 1. The van der Waals surface area contributed by atoms with E-state index in [2.05, 4.69) is 26.6 Å². The molecule has 2 aromatic carbocycles. The fourth-order valence-corrected chi connectivity index (χ4v) is 14.1. The first kappa shape index (κ1) is 81.5. The van der Waals surface area contributed by atoms with Crippen molar-refractivity contribution in [3.8, 4) is 0 Å². The molecule has 2 fully saturated rings. The molecular weight excluding hydrogens is 1220 g/mol. The van der Waals surface area contributed by atoms with Crippen LogP contribution in [0.4, 0.5) is 10.5 Å². The number of nitrogens with one attached hydrogen (secondary N) is 5. The number of nitrogens with zero attached hydrogens (tertiary/aromatic N) is 4. The van der Waals surface area contributed by atoms with Crippen molar-refractivity contribution in [2.45, 2.75) is 195 Å². The van der Waals surface area contributed by atoms with Gasteiger partial charge in [0.15, 0.2) is 11.6 Å². The molecule has 96 heavy (non-hydrogen) atoms. The van der Waals surface area contributed by atoms with Crippen LogP contribution in [0.5, 0.6) is 0 Å². The Bertz CT molecular complexity index is 2890. The zero-order chi connectivity index (χ0) is 71.7. The van der Waals surface area contributed by atoms with E-state index >= 15 is 0 Å². The quantitative estimate of drug-likeness (QED) is 0.0293. The van der Waals surface area contributed by atoms with Crippen molar-refractivity contribution in [3.05, 3.63) is 65.7 Å². The molecule has 23 heteroatoms. The van der Waals surface area contributed by atoms with Gasteiger partial charge < -0.3 is 51.6 Å². The van der Waals surface area contributed by atoms with E-state index in [0.717, 1.165) is 5.56 Å². The molecule has 2 saturated heterocycles. The van der Waals surface area contributed by atoms with E-state index in [1.165, 1.54) is 7.11 Å². The predicted octanol–water partition coefficient (Wildman–Crippen LogP) is 6.87. The van der Waals surface area contributed by atoms with E-state index in [4.69, 9.17) is 15.2 Å². The number of nitrogens with two attached hydrogens (primary N) is 1. The number of anilines is 1. The second-order valence-corrected chi connectivity index (χ2v) is 28.4. The average molecular weight is 1340 g/mol. The van der Waals surface area contributed by atoms with Crippen molar-refractivity contribution in [1.82, 2.24) is 36.0 Å². The van der Waals surface area contributed by atoms with Gasteiger partial charge in [-0.05, 0) is 93.1 Å². The summed E-state index contributed by atoms with van der Waals surface area (Å²) in [6.07, 6.45) is 2.05. The van der Waals surface area contributed by atoms with E-state index in [-0.39, 0.29) is 151 Å². The highest BCUT2D eigenvalue weighted by atomic mass is 16.5. The van der Waals surface area contributed by atoms with E-state index in [9.17, 15) is 52.7 Å². The first-order valence-corrected chi connectivity index (χ1v) is 34.8. The highest BCUT2D eigenvalue weighted by Crippen LogP contribution is 2.33. The Kier molecular flexibility index (Phi) is 33.5. The van der Waals surface area contributed by atoms with E-state index in [1.54, 1.807) is 76.0 Å². The number of benzene rings is 2. The molecule has 0 saturated carbocycles. The summed E-state index contributed by atoms with van der Waals surface area (Å²) in [6.45, 7) is 19.0. The number of carbonyl (C=O) groups is 11. The summed E-state index contributed by atoms with van der Waals surface area (Å²) in [5.74, 6) is -5.93. The molecule has 2 heterocycles. The second-order valence-electron chi connectivity index (χ2n) is 28.4. The third-order valence-electron chi connectivity index (χ3n) is 20.1. The first-order chi connectivity index (χ1) is 45.3. The number of hydrogen-bond donors (Lipinski definition) is 6. The van der Waals surface area contributed by atoms with Crippen molar-refractivity contribution in [3.63, 3.8) is 0 Å². The van der Waals surface area contributed by atoms with Gasteiger partial charge in [0.05, 0.1) is 69.4 Å². The number of hydrogen-bond acceptors (Lipinski definition) is 14. The number of likely N-dealkylation sites (tertiary alicyclic amines) is 2. The predicted molar refractivity (Wildman–Crippen MR) is 370 cm³/mol. The lowest BCUT2D eigenvalue weighted by atomic mass is 9.83. The molecule has 2 aliphatic heterocycles. The van der Waals surface area contributed by atoms with Crippen LogP contribution in [-0.2, 0) is 70.4 Å². The Hall–Kier alpha value is -6.95. The van der Waals surface area contributed by atoms with Crippen LogP contribution in [0.3, 0.4) is 0 Å². The summed E-state index contributed by atoms with van der Waals surface area (Å²) in [5.41, 5.74) is 7.28. The van der Waals surface area contributed by atoms with Gasteiger partial charge in [0.2, 0.25) is 35.4 Å². The van der Waals surface area contributed by atoms with Crippen molar-refractivity contribution in [2.24, 2.45) is 59.0 Å². The van der Waals surface area contributed by atoms with E-state index < -0.39 is 71.9 Å². The minimum Gasteiger partial charge on any atom is -0.379 e. The van der Waals surface area contributed by atoms with E-state index in [0.29, 0.717) is 69.4 Å². The summed E-state index contributed by atoms with van der Waals surface area (Å²) in [4.78, 5) is 156. The minimum atomic E-state index is -0.948. The standard InChI is InChI=1S/C73H116N10O13/c1-17-48(8)67(81(13)72(93)56(45(2)3)42-60(86)66(47(6)7)80(11)12)61(95-15)43-63(88)82-36-22-26-57(82)68(96-16)49(9)58(84)41-54(39-50-23-19-18-20-24-50)70(91)77-44-51-27-29-55(30-28-51)78-71(92)53(25-21-35-76-73(74)94)40-59(85)65(46(4)5)79-62(87)31-32-64(89)83(14)37-33-52(34-38-83)69(90)75-10/h18-20,23-24,27-30,45-49,52-54,56-57,61,65-68H,17,21-22,25-26,31-44H2,1-16H3,(H6-,74,75,76,77,78,79,87,90,91,92,94)/p+1/t48-,49-,52?,53+,54+,56-,57-,61+,65-,66-,67-,68+,83?/m0/s1. The number of primary amides is 1. The molecule has 2 aliphatic rings. The molecule has 11 atom stereocenters. The van der Waals surface area contributed by atoms with Crippen LogP contribution in [0.1, 0.15) is 157 Å². The monoisotopic (exact) mass is 1340 g/mol. The molecule has 0 spiro atoms. The Morgan fingerprint density at radius 1 is 0.708 bits per heavy atom. The van der Waals surface area contributed by atoms with Gasteiger partial charge in [0.25, 0.3) is 0 Å². The van der Waals surface area contributed by atoms with Gasteiger partial charge in [-0.1, -0.05) is 111 Å². The van der Waals surface area contributed by atoms with Gasteiger partial charge in [0, 0.05) is 122 Å². The smallest absolute Gasteiger partial charge is 0.314 e. The topological polar surface area (TPSA) is 302 Å². The third kappa shape index (κ3) is 24.0. The average Bonchev–Trinajstić information content (AvgIpc) is 1.66. The largest absolute Gasteiger partial charge is 0.379 e. The zero-order valence-electron chi connectivity index (χ0n) is 60.5. The lowest BCUT2D eigenvalue weighted by Gasteiger charge is -2.41. The number of ketones is 3. The van der Waals surface area contributed by atoms with Crippen LogP contribution < -0.4 is 32.3 Å². The molecular formula is C73H117N10O13+. The van der Waals surface area contributed by atoms with Crippen molar-refractivity contribution >= 4 is 70.4 Å². The number of methoxy groups -OCH3 is 2. The highest BCUT2D eigenvalue weighted by molar-refractivity contribution is 5.98. The number of quaternary nitrogens is 1. The van der Waals surface area contributed by atoms with Gasteiger partial charge in [-0.2, -0.15) is 0 Å². The zero-order valence-corrected chi connectivity index (χ0v) is 60.5. The van der Waals surface area contributed by atoms with Crippen molar-refractivity contribution in [1.29, 1.82) is 0 Å². The number of piperidine rings is 1. The molecule has 0 radical (unpaired) electrons. The summed E-state index contributed by atoms with van der Waals surface area (Å²) in [7, 11) is 12.0. The summed E-state index contributed by atoms with van der Waals surface area (Å²) >= 11 is 0. The van der Waals surface area contributed by atoms with Crippen LogP contribution in [0, 0.1) is 53.3 Å². The second kappa shape index (κ2) is 39.4.